The molecule has 3 aromatic rings. The maximum Gasteiger partial charge on any atom is 0.321 e. The highest BCUT2D eigenvalue weighted by atomic mass is 35.5. The maximum atomic E-state index is 12.4. The van der Waals surface area contributed by atoms with Crippen LogP contribution in [-0.4, -0.2) is 47.3 Å². The van der Waals surface area contributed by atoms with Crippen LogP contribution < -0.4 is 10.2 Å². The molecule has 2 amide bonds. The average molecular weight is 384 g/mol. The SMILES string of the molecule is O=C(Nc1cccc(Cl)c1)N1CCN(c2nnc(-c3ccccc3)o2)CC1. The van der Waals surface area contributed by atoms with Crippen LogP contribution in [0.15, 0.2) is 59.0 Å². The Hall–Kier alpha value is -3.06. The number of aromatic nitrogens is 2. The molecule has 0 saturated carbocycles. The molecule has 2 heterocycles. The van der Waals surface area contributed by atoms with Crippen molar-refractivity contribution in [1.29, 1.82) is 0 Å². The van der Waals surface area contributed by atoms with E-state index in [1.165, 1.54) is 0 Å². The lowest BCUT2D eigenvalue weighted by atomic mass is 10.2. The van der Waals surface area contributed by atoms with E-state index in [1.807, 2.05) is 41.3 Å². The maximum absolute atomic E-state index is 12.4. The quantitative estimate of drug-likeness (QED) is 0.745. The van der Waals surface area contributed by atoms with Crippen LogP contribution >= 0.6 is 11.6 Å². The van der Waals surface area contributed by atoms with Crippen LogP contribution in [0.25, 0.3) is 11.5 Å². The minimum atomic E-state index is -0.146. The summed E-state index contributed by atoms with van der Waals surface area (Å²) >= 11 is 5.95. The summed E-state index contributed by atoms with van der Waals surface area (Å²) in [5.74, 6) is 0.492. The number of nitrogens with one attached hydrogen (secondary N) is 1. The smallest absolute Gasteiger partial charge is 0.321 e. The molecule has 1 aliphatic heterocycles. The second-order valence-corrected chi connectivity index (χ2v) is 6.61. The molecule has 1 aromatic heterocycles. The molecule has 27 heavy (non-hydrogen) atoms. The molecule has 0 aliphatic carbocycles. The predicted octanol–water partition coefficient (Wildman–Crippen LogP) is 3.74. The van der Waals surface area contributed by atoms with E-state index in [0.29, 0.717) is 48.8 Å². The molecule has 0 bridgehead atoms. The standard InChI is InChI=1S/C19H18ClN5O2/c20-15-7-4-8-16(13-15)21-18(26)24-9-11-25(12-10-24)19-23-22-17(27-19)14-5-2-1-3-6-14/h1-8,13H,9-12H2,(H,21,26). The van der Waals surface area contributed by atoms with E-state index < -0.39 is 0 Å². The third-order valence-corrected chi connectivity index (χ3v) is 4.58. The van der Waals surface area contributed by atoms with Gasteiger partial charge in [-0.1, -0.05) is 41.0 Å². The molecule has 0 atom stereocenters. The van der Waals surface area contributed by atoms with Crippen LogP contribution in [0.1, 0.15) is 0 Å². The van der Waals surface area contributed by atoms with Gasteiger partial charge in [0.05, 0.1) is 0 Å². The van der Waals surface area contributed by atoms with Gasteiger partial charge in [-0.2, -0.15) is 0 Å². The average Bonchev–Trinajstić information content (AvgIpc) is 3.19. The number of amides is 2. The fraction of sp³-hybridized carbons (Fsp3) is 0.211. The van der Waals surface area contributed by atoms with Crippen molar-refractivity contribution < 1.29 is 9.21 Å². The Morgan fingerprint density at radius 1 is 1.00 bits per heavy atom. The van der Waals surface area contributed by atoms with Crippen LogP contribution in [-0.2, 0) is 0 Å². The van der Waals surface area contributed by atoms with Crippen molar-refractivity contribution in [2.45, 2.75) is 0 Å². The number of piperazine rings is 1. The Labute approximate surface area is 161 Å². The number of benzene rings is 2. The zero-order chi connectivity index (χ0) is 18.6. The van der Waals surface area contributed by atoms with Crippen molar-refractivity contribution in [2.75, 3.05) is 36.4 Å². The van der Waals surface area contributed by atoms with E-state index in [1.54, 1.807) is 23.1 Å². The van der Waals surface area contributed by atoms with Crippen LogP contribution in [0.2, 0.25) is 5.02 Å². The summed E-state index contributed by atoms with van der Waals surface area (Å²) in [6.07, 6.45) is 0. The molecule has 1 N–H and O–H groups in total. The summed E-state index contributed by atoms with van der Waals surface area (Å²) in [6, 6.07) is 17.1. The molecular formula is C19H18ClN5O2. The highest BCUT2D eigenvalue weighted by Gasteiger charge is 2.24. The third-order valence-electron chi connectivity index (χ3n) is 4.35. The molecule has 0 radical (unpaired) electrons. The van der Waals surface area contributed by atoms with Gasteiger partial charge in [0, 0.05) is 42.5 Å². The minimum absolute atomic E-state index is 0.146. The molecule has 1 fully saturated rings. The molecule has 0 spiro atoms. The highest BCUT2D eigenvalue weighted by Crippen LogP contribution is 2.22. The lowest BCUT2D eigenvalue weighted by Crippen LogP contribution is -2.50. The van der Waals surface area contributed by atoms with Gasteiger partial charge in [0.15, 0.2) is 0 Å². The van der Waals surface area contributed by atoms with Gasteiger partial charge in [0.25, 0.3) is 0 Å². The molecule has 1 saturated heterocycles. The monoisotopic (exact) mass is 383 g/mol. The van der Waals surface area contributed by atoms with Gasteiger partial charge >= 0.3 is 12.0 Å². The number of carbonyl (C=O) groups is 1. The highest BCUT2D eigenvalue weighted by molar-refractivity contribution is 6.30. The number of rotatable bonds is 3. The van der Waals surface area contributed by atoms with Crippen LogP contribution in [0.4, 0.5) is 16.5 Å². The molecule has 1 aliphatic rings. The summed E-state index contributed by atoms with van der Waals surface area (Å²) in [5.41, 5.74) is 1.56. The first-order valence-electron chi connectivity index (χ1n) is 8.64. The summed E-state index contributed by atoms with van der Waals surface area (Å²) in [7, 11) is 0. The molecule has 0 unspecified atom stereocenters. The fourth-order valence-corrected chi connectivity index (χ4v) is 3.10. The van der Waals surface area contributed by atoms with Crippen molar-refractivity contribution in [3.63, 3.8) is 0 Å². The molecule has 2 aromatic carbocycles. The van der Waals surface area contributed by atoms with E-state index in [9.17, 15) is 4.79 Å². The van der Waals surface area contributed by atoms with Crippen molar-refractivity contribution in [3.05, 3.63) is 59.6 Å². The lowest BCUT2D eigenvalue weighted by molar-refractivity contribution is 0.207. The second kappa shape index (κ2) is 7.67. The van der Waals surface area contributed by atoms with Crippen molar-refractivity contribution >= 4 is 29.3 Å². The first-order valence-corrected chi connectivity index (χ1v) is 9.02. The van der Waals surface area contributed by atoms with Crippen molar-refractivity contribution in [3.8, 4) is 11.5 Å². The Morgan fingerprint density at radius 2 is 1.78 bits per heavy atom. The topological polar surface area (TPSA) is 74.5 Å². The van der Waals surface area contributed by atoms with Crippen LogP contribution in [0.5, 0.6) is 0 Å². The van der Waals surface area contributed by atoms with E-state index in [0.717, 1.165) is 5.56 Å². The number of anilines is 2. The Morgan fingerprint density at radius 3 is 2.52 bits per heavy atom. The lowest BCUT2D eigenvalue weighted by Gasteiger charge is -2.33. The minimum Gasteiger partial charge on any atom is -0.403 e. The van der Waals surface area contributed by atoms with Crippen LogP contribution in [0, 0.1) is 0 Å². The van der Waals surface area contributed by atoms with E-state index in [4.69, 9.17) is 16.0 Å². The number of nitrogens with zero attached hydrogens (tertiary/aromatic N) is 4. The van der Waals surface area contributed by atoms with Gasteiger partial charge in [-0.15, -0.1) is 5.10 Å². The summed E-state index contributed by atoms with van der Waals surface area (Å²) < 4.78 is 5.78. The Balaban J connectivity index is 1.35. The molecule has 8 heteroatoms. The first kappa shape index (κ1) is 17.4. The number of hydrogen-bond acceptors (Lipinski definition) is 5. The summed E-state index contributed by atoms with van der Waals surface area (Å²) in [6.45, 7) is 2.38. The van der Waals surface area contributed by atoms with Gasteiger partial charge < -0.3 is 19.5 Å². The largest absolute Gasteiger partial charge is 0.403 e. The normalized spacial score (nSPS) is 14.3. The fourth-order valence-electron chi connectivity index (χ4n) is 2.91. The molecule has 4 rings (SSSR count). The van der Waals surface area contributed by atoms with Gasteiger partial charge in [0.1, 0.15) is 0 Å². The molecular weight excluding hydrogens is 366 g/mol. The van der Waals surface area contributed by atoms with Gasteiger partial charge in [0.2, 0.25) is 5.89 Å². The first-order chi connectivity index (χ1) is 13.2. The zero-order valence-electron chi connectivity index (χ0n) is 14.5. The Bertz CT molecular complexity index is 923. The van der Waals surface area contributed by atoms with E-state index >= 15 is 0 Å². The van der Waals surface area contributed by atoms with Crippen molar-refractivity contribution in [1.82, 2.24) is 15.1 Å². The number of halogens is 1. The summed E-state index contributed by atoms with van der Waals surface area (Å²) in [4.78, 5) is 16.2. The molecule has 7 nitrogen and oxygen atoms in total. The second-order valence-electron chi connectivity index (χ2n) is 6.17. The number of urea groups is 1. The Kier molecular flexibility index (Phi) is 4.93. The number of carbonyl (C=O) groups excluding carboxylic acids is 1. The molecule has 138 valence electrons. The van der Waals surface area contributed by atoms with Gasteiger partial charge in [-0.3, -0.25) is 0 Å². The summed E-state index contributed by atoms with van der Waals surface area (Å²) in [5, 5.41) is 11.7. The van der Waals surface area contributed by atoms with Crippen LogP contribution in [0.3, 0.4) is 0 Å². The van der Waals surface area contributed by atoms with E-state index in [2.05, 4.69) is 15.5 Å². The van der Waals surface area contributed by atoms with Gasteiger partial charge in [-0.05, 0) is 30.3 Å². The van der Waals surface area contributed by atoms with E-state index in [-0.39, 0.29) is 6.03 Å². The predicted molar refractivity (Wildman–Crippen MR) is 104 cm³/mol. The van der Waals surface area contributed by atoms with Crippen molar-refractivity contribution in [2.24, 2.45) is 0 Å². The third kappa shape index (κ3) is 4.03. The van der Waals surface area contributed by atoms with Gasteiger partial charge in [-0.25, -0.2) is 4.79 Å². The zero-order valence-corrected chi connectivity index (χ0v) is 15.3. The number of hydrogen-bond donors (Lipinski definition) is 1.